The fourth-order valence-electron chi connectivity index (χ4n) is 5.07. The lowest BCUT2D eigenvalue weighted by atomic mass is 9.96. The number of carboxylic acids is 1. The van der Waals surface area contributed by atoms with Crippen LogP contribution in [0.25, 0.3) is 10.9 Å². The molecule has 1 aromatic heterocycles. The monoisotopic (exact) mass is 542 g/mol. The number of carbonyl (C=O) groups is 4. The Hall–Kier alpha value is -3.44. The highest BCUT2D eigenvalue weighted by atomic mass is 16.4. The van der Waals surface area contributed by atoms with Gasteiger partial charge in [0.1, 0.15) is 18.1 Å². The van der Waals surface area contributed by atoms with Crippen LogP contribution in [0.2, 0.25) is 0 Å². The number of H-pyrrole nitrogens is 1. The number of fused-ring (bicyclic) bond motifs is 1. The van der Waals surface area contributed by atoms with E-state index in [-0.39, 0.29) is 18.2 Å². The fourth-order valence-corrected chi connectivity index (χ4v) is 5.07. The van der Waals surface area contributed by atoms with E-state index in [4.69, 9.17) is 11.5 Å². The maximum Gasteiger partial charge on any atom is 0.326 e. The number of benzene rings is 1. The molecule has 1 aliphatic rings. The molecular weight excluding hydrogens is 500 g/mol. The van der Waals surface area contributed by atoms with Crippen molar-refractivity contribution in [1.82, 2.24) is 20.5 Å². The second kappa shape index (κ2) is 14.1. The normalized spacial score (nSPS) is 18.4. The zero-order valence-electron chi connectivity index (χ0n) is 22.8. The van der Waals surface area contributed by atoms with E-state index in [0.717, 1.165) is 16.5 Å². The van der Waals surface area contributed by atoms with E-state index in [1.165, 1.54) is 4.90 Å². The quantitative estimate of drug-likeness (QED) is 0.194. The number of para-hydroxylation sites is 1. The summed E-state index contributed by atoms with van der Waals surface area (Å²) in [5, 5.41) is 16.0. The average molecular weight is 543 g/mol. The molecule has 2 aromatic rings. The number of aromatic nitrogens is 1. The lowest BCUT2D eigenvalue weighted by molar-refractivity contribution is -0.145. The first-order valence-electron chi connectivity index (χ1n) is 13.8. The van der Waals surface area contributed by atoms with Gasteiger partial charge in [0.2, 0.25) is 17.7 Å². The molecule has 11 heteroatoms. The maximum atomic E-state index is 13.7. The first-order chi connectivity index (χ1) is 18.7. The largest absolute Gasteiger partial charge is 0.480 e. The number of hydrogen-bond acceptors (Lipinski definition) is 6. The van der Waals surface area contributed by atoms with Gasteiger partial charge in [0, 0.05) is 23.6 Å². The number of carboxylic acid groups (broad SMARTS) is 1. The van der Waals surface area contributed by atoms with Crippen LogP contribution in [-0.2, 0) is 25.6 Å². The number of aromatic amines is 1. The van der Waals surface area contributed by atoms with E-state index in [1.807, 2.05) is 44.3 Å². The van der Waals surface area contributed by atoms with E-state index in [9.17, 15) is 24.3 Å². The van der Waals surface area contributed by atoms with Crippen molar-refractivity contribution in [3.63, 3.8) is 0 Å². The third kappa shape index (κ3) is 7.57. The van der Waals surface area contributed by atoms with Crippen LogP contribution in [0.3, 0.4) is 0 Å². The molecule has 1 fully saturated rings. The summed E-state index contributed by atoms with van der Waals surface area (Å²) >= 11 is 0. The lowest BCUT2D eigenvalue weighted by Crippen LogP contribution is -2.58. The number of hydrogen-bond donors (Lipinski definition) is 6. The van der Waals surface area contributed by atoms with Gasteiger partial charge < -0.3 is 37.1 Å². The Kier molecular flexibility index (Phi) is 10.9. The number of amides is 3. The zero-order valence-corrected chi connectivity index (χ0v) is 22.8. The van der Waals surface area contributed by atoms with Crippen LogP contribution in [0.5, 0.6) is 0 Å². The third-order valence-corrected chi connectivity index (χ3v) is 7.63. The number of unbranched alkanes of at least 4 members (excludes halogenated alkanes) is 1. The minimum absolute atomic E-state index is 0.200. The molecule has 11 nitrogen and oxygen atoms in total. The fraction of sp³-hybridized carbons (Fsp3) is 0.571. The average Bonchev–Trinajstić information content (AvgIpc) is 3.58. The molecule has 0 radical (unpaired) electrons. The van der Waals surface area contributed by atoms with Crippen molar-refractivity contribution in [3.8, 4) is 0 Å². The summed E-state index contributed by atoms with van der Waals surface area (Å²) in [7, 11) is 0. The second-order valence-corrected chi connectivity index (χ2v) is 10.4. The smallest absolute Gasteiger partial charge is 0.326 e. The van der Waals surface area contributed by atoms with E-state index in [2.05, 4.69) is 15.6 Å². The number of nitrogens with zero attached hydrogens (tertiary/aromatic N) is 1. The van der Waals surface area contributed by atoms with Crippen LogP contribution in [-0.4, -0.2) is 75.9 Å². The molecule has 0 bridgehead atoms. The summed E-state index contributed by atoms with van der Waals surface area (Å²) in [6.07, 6.45) is 5.29. The SMILES string of the molecule is CCC(C)C(NC(=O)C(N)Cc1c[nH]c2ccccc12)C(=O)N1CCCC1C(=O)NC(CCCCN)C(=O)O. The van der Waals surface area contributed by atoms with Gasteiger partial charge in [-0.05, 0) is 62.6 Å². The molecule has 8 N–H and O–H groups in total. The molecule has 1 aliphatic heterocycles. The van der Waals surface area contributed by atoms with Gasteiger partial charge in [-0.3, -0.25) is 14.4 Å². The van der Waals surface area contributed by atoms with Crippen molar-refractivity contribution in [2.45, 2.75) is 83.0 Å². The highest BCUT2D eigenvalue weighted by Gasteiger charge is 2.40. The highest BCUT2D eigenvalue weighted by molar-refractivity contribution is 5.95. The Morgan fingerprint density at radius 3 is 2.62 bits per heavy atom. The second-order valence-electron chi connectivity index (χ2n) is 10.4. The van der Waals surface area contributed by atoms with E-state index in [0.29, 0.717) is 51.6 Å². The number of rotatable bonds is 14. The third-order valence-electron chi connectivity index (χ3n) is 7.63. The number of carbonyl (C=O) groups excluding carboxylic acids is 3. The minimum atomic E-state index is -1.12. The summed E-state index contributed by atoms with van der Waals surface area (Å²) in [5.74, 6) is -2.61. The van der Waals surface area contributed by atoms with Crippen LogP contribution in [0.1, 0.15) is 57.9 Å². The summed E-state index contributed by atoms with van der Waals surface area (Å²) in [6, 6.07) is 4.19. The molecule has 2 heterocycles. The van der Waals surface area contributed by atoms with Crippen LogP contribution in [0, 0.1) is 5.92 Å². The van der Waals surface area contributed by atoms with Crippen molar-refractivity contribution in [1.29, 1.82) is 0 Å². The van der Waals surface area contributed by atoms with Crippen molar-refractivity contribution in [3.05, 3.63) is 36.0 Å². The van der Waals surface area contributed by atoms with Crippen LogP contribution in [0.15, 0.2) is 30.5 Å². The molecule has 0 spiro atoms. The van der Waals surface area contributed by atoms with Crippen LogP contribution >= 0.6 is 0 Å². The molecule has 3 rings (SSSR count). The molecule has 1 aromatic carbocycles. The molecular formula is C28H42N6O5. The summed E-state index contributed by atoms with van der Waals surface area (Å²) in [6.45, 7) is 4.60. The highest BCUT2D eigenvalue weighted by Crippen LogP contribution is 2.23. The Bertz CT molecular complexity index is 1150. The Morgan fingerprint density at radius 2 is 1.92 bits per heavy atom. The van der Waals surface area contributed by atoms with E-state index < -0.39 is 42.0 Å². The minimum Gasteiger partial charge on any atom is -0.480 e. The van der Waals surface area contributed by atoms with Crippen molar-refractivity contribution in [2.24, 2.45) is 17.4 Å². The maximum absolute atomic E-state index is 13.7. The molecule has 5 atom stereocenters. The standard InChI is InChI=1S/C28H42N6O5/c1-3-17(2)24(33-25(35)20(30)15-18-16-31-21-10-5-4-9-19(18)21)27(37)34-14-8-12-23(34)26(36)32-22(28(38)39)11-6-7-13-29/h4-5,9-10,16-17,20,22-24,31H,3,6-8,11-15,29-30H2,1-2H3,(H,32,36)(H,33,35)(H,38,39). The number of aliphatic carboxylic acids is 1. The van der Waals surface area contributed by atoms with Gasteiger partial charge in [0.05, 0.1) is 6.04 Å². The molecule has 0 saturated carbocycles. The van der Waals surface area contributed by atoms with Gasteiger partial charge in [0.15, 0.2) is 0 Å². The van der Waals surface area contributed by atoms with Crippen molar-refractivity contribution in [2.75, 3.05) is 13.1 Å². The van der Waals surface area contributed by atoms with Crippen LogP contribution < -0.4 is 22.1 Å². The lowest BCUT2D eigenvalue weighted by Gasteiger charge is -2.32. The predicted molar refractivity (Wildman–Crippen MR) is 149 cm³/mol. The topological polar surface area (TPSA) is 184 Å². The molecule has 3 amide bonds. The first kappa shape index (κ1) is 30.1. The number of likely N-dealkylation sites (tertiary alicyclic amines) is 1. The van der Waals surface area contributed by atoms with Gasteiger partial charge in [-0.2, -0.15) is 0 Å². The van der Waals surface area contributed by atoms with Crippen LogP contribution in [0.4, 0.5) is 0 Å². The van der Waals surface area contributed by atoms with Gasteiger partial charge in [-0.1, -0.05) is 38.5 Å². The van der Waals surface area contributed by atoms with E-state index in [1.54, 1.807) is 0 Å². The van der Waals surface area contributed by atoms with Gasteiger partial charge in [-0.25, -0.2) is 4.79 Å². The molecule has 39 heavy (non-hydrogen) atoms. The summed E-state index contributed by atoms with van der Waals surface area (Å²) < 4.78 is 0. The van der Waals surface area contributed by atoms with Gasteiger partial charge >= 0.3 is 5.97 Å². The Labute approximate surface area is 229 Å². The number of nitrogens with two attached hydrogens (primary N) is 2. The summed E-state index contributed by atoms with van der Waals surface area (Å²) in [4.78, 5) is 56.2. The number of nitrogens with one attached hydrogen (secondary N) is 3. The summed E-state index contributed by atoms with van der Waals surface area (Å²) in [5.41, 5.74) is 13.6. The van der Waals surface area contributed by atoms with Crippen molar-refractivity contribution < 1.29 is 24.3 Å². The van der Waals surface area contributed by atoms with Crippen molar-refractivity contribution >= 4 is 34.6 Å². The zero-order chi connectivity index (χ0) is 28.5. The molecule has 0 aliphatic carbocycles. The molecule has 214 valence electrons. The Balaban J connectivity index is 1.68. The van der Waals surface area contributed by atoms with Gasteiger partial charge in [-0.15, -0.1) is 0 Å². The Morgan fingerprint density at radius 1 is 1.18 bits per heavy atom. The molecule has 1 saturated heterocycles. The predicted octanol–water partition coefficient (Wildman–Crippen LogP) is 1.26. The van der Waals surface area contributed by atoms with Gasteiger partial charge in [0.25, 0.3) is 0 Å². The molecule has 5 unspecified atom stereocenters. The van der Waals surface area contributed by atoms with E-state index >= 15 is 0 Å². The first-order valence-corrected chi connectivity index (χ1v) is 13.8.